The second kappa shape index (κ2) is 6.06. The molecule has 2 aromatic rings. The summed E-state index contributed by atoms with van der Waals surface area (Å²) in [6, 6.07) is 7.67. The third kappa shape index (κ3) is 3.37. The molecule has 0 amide bonds. The van der Waals surface area contributed by atoms with E-state index in [0.717, 1.165) is 16.6 Å². The number of para-hydroxylation sites is 1. The Balaban J connectivity index is 2.08. The molecule has 0 spiro atoms. The normalized spacial score (nSPS) is 11.7. The molecule has 0 unspecified atom stereocenters. The van der Waals surface area contributed by atoms with Crippen LogP contribution in [-0.2, 0) is 10.0 Å². The number of benzene rings is 1. The monoisotopic (exact) mass is 294 g/mol. The van der Waals surface area contributed by atoms with Gasteiger partial charge in [0.1, 0.15) is 0 Å². The Kier molecular flexibility index (Phi) is 4.41. The number of fused-ring (bicyclic) bond motifs is 1. The summed E-state index contributed by atoms with van der Waals surface area (Å²) in [5.41, 5.74) is 8.14. The molecular formula is C13H18N4O2S. The largest absolute Gasteiger partial charge is 0.396 e. The standard InChI is InChI=1S/C13H18N4O2S/c1-15-20(18,19)8-4-7-16-13-10-5-2-3-6-12(10)17-9-11(13)14/h2-3,5-6,9,15H,4,7-8,14H2,1H3,(H,16,17). The van der Waals surface area contributed by atoms with Crippen LogP contribution in [-0.4, -0.2) is 32.7 Å². The zero-order valence-electron chi connectivity index (χ0n) is 11.3. The molecule has 0 aliphatic rings. The molecular weight excluding hydrogens is 276 g/mol. The zero-order chi connectivity index (χ0) is 14.6. The van der Waals surface area contributed by atoms with E-state index in [-0.39, 0.29) is 5.75 Å². The fourth-order valence-corrected chi connectivity index (χ4v) is 2.66. The number of hydrogen-bond acceptors (Lipinski definition) is 5. The molecule has 0 saturated heterocycles. The molecule has 0 fully saturated rings. The highest BCUT2D eigenvalue weighted by Gasteiger charge is 2.08. The highest BCUT2D eigenvalue weighted by Crippen LogP contribution is 2.27. The summed E-state index contributed by atoms with van der Waals surface area (Å²) in [5, 5.41) is 4.13. The van der Waals surface area contributed by atoms with Crippen LogP contribution in [0.5, 0.6) is 0 Å². The van der Waals surface area contributed by atoms with Gasteiger partial charge in [-0.05, 0) is 19.5 Å². The van der Waals surface area contributed by atoms with E-state index < -0.39 is 10.0 Å². The number of nitrogen functional groups attached to an aromatic ring is 1. The van der Waals surface area contributed by atoms with Crippen LogP contribution in [0.2, 0.25) is 0 Å². The number of nitrogens with one attached hydrogen (secondary N) is 2. The van der Waals surface area contributed by atoms with Crippen molar-refractivity contribution in [3.63, 3.8) is 0 Å². The van der Waals surface area contributed by atoms with Crippen molar-refractivity contribution in [2.45, 2.75) is 6.42 Å². The fraction of sp³-hybridized carbons (Fsp3) is 0.308. The van der Waals surface area contributed by atoms with Crippen LogP contribution in [0.1, 0.15) is 6.42 Å². The minimum atomic E-state index is -3.16. The molecule has 0 atom stereocenters. The summed E-state index contributed by atoms with van der Waals surface area (Å²) in [5.74, 6) is 0.0828. The minimum Gasteiger partial charge on any atom is -0.396 e. The first-order valence-corrected chi connectivity index (χ1v) is 7.97. The van der Waals surface area contributed by atoms with E-state index in [2.05, 4.69) is 15.0 Å². The van der Waals surface area contributed by atoms with E-state index in [4.69, 9.17) is 5.73 Å². The number of aromatic nitrogens is 1. The van der Waals surface area contributed by atoms with Crippen molar-refractivity contribution in [2.75, 3.05) is 30.4 Å². The van der Waals surface area contributed by atoms with Gasteiger partial charge in [-0.2, -0.15) is 0 Å². The Labute approximate surface area is 118 Å². The maximum atomic E-state index is 11.3. The van der Waals surface area contributed by atoms with E-state index in [1.165, 1.54) is 7.05 Å². The van der Waals surface area contributed by atoms with E-state index in [9.17, 15) is 8.42 Å². The van der Waals surface area contributed by atoms with Gasteiger partial charge >= 0.3 is 0 Å². The fourth-order valence-electron chi connectivity index (χ4n) is 1.93. The molecule has 4 N–H and O–H groups in total. The average Bonchev–Trinajstić information content (AvgIpc) is 2.45. The van der Waals surface area contributed by atoms with Crippen molar-refractivity contribution in [1.82, 2.24) is 9.71 Å². The van der Waals surface area contributed by atoms with E-state index >= 15 is 0 Å². The van der Waals surface area contributed by atoms with Gasteiger partial charge in [-0.3, -0.25) is 4.98 Å². The molecule has 0 aliphatic heterocycles. The lowest BCUT2D eigenvalue weighted by atomic mass is 10.1. The molecule has 1 aromatic heterocycles. The molecule has 0 saturated carbocycles. The molecule has 2 rings (SSSR count). The molecule has 7 heteroatoms. The van der Waals surface area contributed by atoms with Crippen LogP contribution in [0.3, 0.4) is 0 Å². The first-order chi connectivity index (χ1) is 9.53. The number of nitrogens with zero attached hydrogens (tertiary/aromatic N) is 1. The van der Waals surface area contributed by atoms with Gasteiger partial charge in [-0.25, -0.2) is 13.1 Å². The predicted octanol–water partition coefficient (Wildman–Crippen LogP) is 1.17. The van der Waals surface area contributed by atoms with Crippen molar-refractivity contribution in [2.24, 2.45) is 0 Å². The Hall–Kier alpha value is -1.86. The number of rotatable bonds is 6. The maximum absolute atomic E-state index is 11.3. The van der Waals surface area contributed by atoms with Gasteiger partial charge in [0.05, 0.1) is 28.8 Å². The second-order valence-corrected chi connectivity index (χ2v) is 6.46. The smallest absolute Gasteiger partial charge is 0.211 e. The van der Waals surface area contributed by atoms with Gasteiger partial charge in [0.25, 0.3) is 0 Å². The number of hydrogen-bond donors (Lipinski definition) is 3. The lowest BCUT2D eigenvalue weighted by Crippen LogP contribution is -2.23. The van der Waals surface area contributed by atoms with Crippen LogP contribution >= 0.6 is 0 Å². The van der Waals surface area contributed by atoms with Crippen LogP contribution in [0, 0.1) is 0 Å². The zero-order valence-corrected chi connectivity index (χ0v) is 12.1. The number of anilines is 2. The third-order valence-electron chi connectivity index (χ3n) is 3.01. The summed E-state index contributed by atoms with van der Waals surface area (Å²) in [6.07, 6.45) is 2.11. The highest BCUT2D eigenvalue weighted by molar-refractivity contribution is 7.89. The van der Waals surface area contributed by atoms with Crippen LogP contribution in [0.4, 0.5) is 11.4 Å². The lowest BCUT2D eigenvalue weighted by Gasteiger charge is -2.12. The topological polar surface area (TPSA) is 97.1 Å². The van der Waals surface area contributed by atoms with Gasteiger partial charge < -0.3 is 11.1 Å². The molecule has 6 nitrogen and oxygen atoms in total. The Bertz CT molecular complexity index is 701. The summed E-state index contributed by atoms with van der Waals surface area (Å²) >= 11 is 0. The lowest BCUT2D eigenvalue weighted by molar-refractivity contribution is 0.586. The van der Waals surface area contributed by atoms with Crippen LogP contribution in [0.25, 0.3) is 10.9 Å². The quantitative estimate of drug-likeness (QED) is 0.695. The van der Waals surface area contributed by atoms with Gasteiger partial charge in [0.2, 0.25) is 10.0 Å². The summed E-state index contributed by atoms with van der Waals surface area (Å²) < 4.78 is 24.9. The summed E-state index contributed by atoms with van der Waals surface area (Å²) in [7, 11) is -1.75. The summed E-state index contributed by atoms with van der Waals surface area (Å²) in [6.45, 7) is 0.527. The van der Waals surface area contributed by atoms with Gasteiger partial charge in [-0.1, -0.05) is 18.2 Å². The van der Waals surface area contributed by atoms with Crippen LogP contribution < -0.4 is 15.8 Å². The third-order valence-corrected chi connectivity index (χ3v) is 4.46. The average molecular weight is 294 g/mol. The van der Waals surface area contributed by atoms with E-state index in [1.54, 1.807) is 6.20 Å². The summed E-state index contributed by atoms with van der Waals surface area (Å²) in [4.78, 5) is 4.25. The van der Waals surface area contributed by atoms with E-state index in [0.29, 0.717) is 18.7 Å². The molecule has 20 heavy (non-hydrogen) atoms. The molecule has 108 valence electrons. The Morgan fingerprint density at radius 1 is 1.30 bits per heavy atom. The first kappa shape index (κ1) is 14.5. The molecule has 0 radical (unpaired) electrons. The minimum absolute atomic E-state index is 0.0828. The van der Waals surface area contributed by atoms with Crippen molar-refractivity contribution in [3.8, 4) is 0 Å². The van der Waals surface area contributed by atoms with Crippen molar-refractivity contribution in [3.05, 3.63) is 30.5 Å². The Morgan fingerprint density at radius 2 is 2.05 bits per heavy atom. The number of sulfonamides is 1. The van der Waals surface area contributed by atoms with Gasteiger partial charge in [0.15, 0.2) is 0 Å². The van der Waals surface area contributed by atoms with E-state index in [1.807, 2.05) is 24.3 Å². The number of pyridine rings is 1. The molecule has 0 aliphatic carbocycles. The number of nitrogens with two attached hydrogens (primary N) is 1. The SMILES string of the molecule is CNS(=O)(=O)CCCNc1c(N)cnc2ccccc12. The predicted molar refractivity (Wildman–Crippen MR) is 82.1 cm³/mol. The Morgan fingerprint density at radius 3 is 2.80 bits per heavy atom. The molecule has 1 heterocycles. The van der Waals surface area contributed by atoms with Crippen molar-refractivity contribution >= 4 is 32.3 Å². The first-order valence-electron chi connectivity index (χ1n) is 6.32. The second-order valence-electron chi connectivity index (χ2n) is 4.41. The highest BCUT2D eigenvalue weighted by atomic mass is 32.2. The van der Waals surface area contributed by atoms with Crippen LogP contribution in [0.15, 0.2) is 30.5 Å². The molecule has 0 bridgehead atoms. The van der Waals surface area contributed by atoms with Gasteiger partial charge in [-0.15, -0.1) is 0 Å². The maximum Gasteiger partial charge on any atom is 0.211 e. The van der Waals surface area contributed by atoms with Crippen molar-refractivity contribution < 1.29 is 8.42 Å². The molecule has 1 aromatic carbocycles. The van der Waals surface area contributed by atoms with Crippen molar-refractivity contribution in [1.29, 1.82) is 0 Å². The van der Waals surface area contributed by atoms with Gasteiger partial charge in [0, 0.05) is 11.9 Å².